The predicted molar refractivity (Wildman–Crippen MR) is 72.6 cm³/mol. The molecule has 0 bridgehead atoms. The van der Waals surface area contributed by atoms with Gasteiger partial charge in [0.25, 0.3) is 11.7 Å². The van der Waals surface area contributed by atoms with E-state index in [0.717, 1.165) is 5.52 Å². The Hall–Kier alpha value is -2.63. The number of nitrogens with one attached hydrogen (secondary N) is 2. The lowest BCUT2D eigenvalue weighted by atomic mass is 10.1. The topological polar surface area (TPSA) is 99.3 Å². The van der Waals surface area contributed by atoms with Crippen LogP contribution in [0.15, 0.2) is 24.3 Å². The molecule has 1 atom stereocenters. The van der Waals surface area contributed by atoms with Crippen LogP contribution in [0.25, 0.3) is 10.9 Å². The van der Waals surface area contributed by atoms with E-state index in [-0.39, 0.29) is 5.56 Å². The molecule has 1 aromatic carbocycles. The molecule has 3 N–H and O–H groups in total. The number of hydrogen-bond acceptors (Lipinski definition) is 3. The van der Waals surface area contributed by atoms with Crippen LogP contribution >= 0.6 is 0 Å². The van der Waals surface area contributed by atoms with Crippen LogP contribution in [-0.2, 0) is 9.59 Å². The summed E-state index contributed by atoms with van der Waals surface area (Å²) < 4.78 is 0. The molecule has 0 aliphatic heterocycles. The third-order valence-corrected chi connectivity index (χ3v) is 3.04. The number of carbonyl (C=O) groups is 3. The van der Waals surface area contributed by atoms with Crippen molar-refractivity contribution in [1.29, 1.82) is 0 Å². The van der Waals surface area contributed by atoms with Gasteiger partial charge in [-0.3, -0.25) is 14.4 Å². The van der Waals surface area contributed by atoms with Crippen LogP contribution < -0.4 is 5.32 Å². The molecule has 1 heterocycles. The van der Waals surface area contributed by atoms with E-state index in [1.165, 1.54) is 6.92 Å². The van der Waals surface area contributed by atoms with Crippen molar-refractivity contribution in [1.82, 2.24) is 10.3 Å². The summed E-state index contributed by atoms with van der Waals surface area (Å²) >= 11 is 0. The summed E-state index contributed by atoms with van der Waals surface area (Å²) in [6.07, 6.45) is 0. The number of aromatic amines is 1. The molecule has 2 rings (SSSR count). The fraction of sp³-hybridized carbons (Fsp3) is 0.214. The molecule has 6 nitrogen and oxygen atoms in total. The van der Waals surface area contributed by atoms with Gasteiger partial charge in [0.1, 0.15) is 6.04 Å². The van der Waals surface area contributed by atoms with Crippen molar-refractivity contribution in [2.75, 3.05) is 0 Å². The zero-order chi connectivity index (χ0) is 14.9. The first kappa shape index (κ1) is 13.8. The molecular formula is C14H14N2O4. The molecule has 104 valence electrons. The molecule has 20 heavy (non-hydrogen) atoms. The highest BCUT2D eigenvalue weighted by molar-refractivity contribution is 6.45. The molecule has 0 aliphatic carbocycles. The summed E-state index contributed by atoms with van der Waals surface area (Å²) in [5.41, 5.74) is 1.61. The summed E-state index contributed by atoms with van der Waals surface area (Å²) in [5.74, 6) is -2.86. The smallest absolute Gasteiger partial charge is 0.325 e. The average Bonchev–Trinajstić information content (AvgIpc) is 2.73. The van der Waals surface area contributed by atoms with Crippen molar-refractivity contribution in [2.24, 2.45) is 0 Å². The van der Waals surface area contributed by atoms with Gasteiger partial charge < -0.3 is 15.4 Å². The maximum atomic E-state index is 12.2. The summed E-state index contributed by atoms with van der Waals surface area (Å²) in [7, 11) is 0. The zero-order valence-corrected chi connectivity index (χ0v) is 11.1. The van der Waals surface area contributed by atoms with Crippen LogP contribution in [0.3, 0.4) is 0 Å². The van der Waals surface area contributed by atoms with Crippen molar-refractivity contribution in [3.05, 3.63) is 35.5 Å². The van der Waals surface area contributed by atoms with Crippen molar-refractivity contribution in [3.8, 4) is 0 Å². The molecule has 2 aromatic rings. The van der Waals surface area contributed by atoms with E-state index in [4.69, 9.17) is 5.11 Å². The zero-order valence-electron chi connectivity index (χ0n) is 11.1. The minimum Gasteiger partial charge on any atom is -0.480 e. The standard InChI is InChI=1S/C14H14N2O4/c1-7-11(9-5-3-4-6-10(9)15-7)12(17)13(18)16-8(2)14(19)20/h3-6,8,15H,1-2H3,(H,16,18)(H,19,20)/t8-/m0/s1. The number of carboxylic acid groups (broad SMARTS) is 1. The van der Waals surface area contributed by atoms with Gasteiger partial charge in [0.2, 0.25) is 0 Å². The third-order valence-electron chi connectivity index (χ3n) is 3.04. The minimum absolute atomic E-state index is 0.274. The minimum atomic E-state index is -1.19. The molecule has 0 fully saturated rings. The van der Waals surface area contributed by atoms with E-state index in [1.807, 2.05) is 6.07 Å². The van der Waals surface area contributed by atoms with Gasteiger partial charge in [0.15, 0.2) is 0 Å². The van der Waals surface area contributed by atoms with Gasteiger partial charge in [-0.2, -0.15) is 0 Å². The number of ketones is 1. The molecule has 0 unspecified atom stereocenters. The molecule has 0 saturated carbocycles. The van der Waals surface area contributed by atoms with Crippen molar-refractivity contribution in [2.45, 2.75) is 19.9 Å². The number of rotatable bonds is 4. The molecule has 0 aliphatic rings. The van der Waals surface area contributed by atoms with E-state index >= 15 is 0 Å². The van der Waals surface area contributed by atoms with E-state index < -0.39 is 23.7 Å². The van der Waals surface area contributed by atoms with E-state index in [1.54, 1.807) is 25.1 Å². The second-order valence-corrected chi connectivity index (χ2v) is 4.53. The van der Waals surface area contributed by atoms with Crippen LogP contribution in [0.4, 0.5) is 0 Å². The van der Waals surface area contributed by atoms with Gasteiger partial charge in [-0.25, -0.2) is 0 Å². The van der Waals surface area contributed by atoms with Crippen molar-refractivity contribution < 1.29 is 19.5 Å². The van der Waals surface area contributed by atoms with Crippen LogP contribution in [-0.4, -0.2) is 33.8 Å². The monoisotopic (exact) mass is 274 g/mol. The highest BCUT2D eigenvalue weighted by atomic mass is 16.4. The second kappa shape index (κ2) is 5.16. The van der Waals surface area contributed by atoms with E-state index in [0.29, 0.717) is 11.1 Å². The molecule has 0 saturated heterocycles. The maximum Gasteiger partial charge on any atom is 0.325 e. The fourth-order valence-electron chi connectivity index (χ4n) is 2.01. The number of aromatic nitrogens is 1. The number of carboxylic acids is 1. The maximum absolute atomic E-state index is 12.2. The van der Waals surface area contributed by atoms with Gasteiger partial charge in [-0.05, 0) is 19.9 Å². The first-order chi connectivity index (χ1) is 9.41. The van der Waals surface area contributed by atoms with Crippen LogP contribution in [0.2, 0.25) is 0 Å². The van der Waals surface area contributed by atoms with Crippen molar-refractivity contribution >= 4 is 28.6 Å². The highest BCUT2D eigenvalue weighted by Crippen LogP contribution is 2.22. The first-order valence-corrected chi connectivity index (χ1v) is 6.07. The average molecular weight is 274 g/mol. The predicted octanol–water partition coefficient (Wildman–Crippen LogP) is 1.25. The summed E-state index contributed by atoms with van der Waals surface area (Å²) in [6.45, 7) is 3.00. The third kappa shape index (κ3) is 2.40. The Morgan fingerprint density at radius 2 is 1.90 bits per heavy atom. The lowest BCUT2D eigenvalue weighted by Crippen LogP contribution is -2.42. The van der Waals surface area contributed by atoms with E-state index in [2.05, 4.69) is 10.3 Å². The summed E-state index contributed by atoms with van der Waals surface area (Å²) in [6, 6.07) is 6.01. The molecule has 1 aromatic heterocycles. The Balaban J connectivity index is 2.34. The molecule has 0 spiro atoms. The normalized spacial score (nSPS) is 12.1. The SMILES string of the molecule is Cc1[nH]c2ccccc2c1C(=O)C(=O)N[C@@H](C)C(=O)O. The second-order valence-electron chi connectivity index (χ2n) is 4.53. The Kier molecular flexibility index (Phi) is 3.56. The van der Waals surface area contributed by atoms with Crippen LogP contribution in [0.1, 0.15) is 23.0 Å². The highest BCUT2D eigenvalue weighted by Gasteiger charge is 2.25. The number of Topliss-reactive ketones (excluding diaryl/α,β-unsaturated/α-hetero) is 1. The number of benzene rings is 1. The fourth-order valence-corrected chi connectivity index (χ4v) is 2.01. The number of H-pyrrole nitrogens is 1. The van der Waals surface area contributed by atoms with Crippen LogP contribution in [0.5, 0.6) is 0 Å². The molecule has 0 radical (unpaired) electrons. The molecule has 1 amide bonds. The van der Waals surface area contributed by atoms with Gasteiger partial charge >= 0.3 is 5.97 Å². The molecular weight excluding hydrogens is 260 g/mol. The van der Waals surface area contributed by atoms with Gasteiger partial charge in [-0.15, -0.1) is 0 Å². The summed E-state index contributed by atoms with van der Waals surface area (Å²) in [4.78, 5) is 37.7. The number of aliphatic carboxylic acids is 1. The lowest BCUT2D eigenvalue weighted by Gasteiger charge is -2.08. The quantitative estimate of drug-likeness (QED) is 0.577. The van der Waals surface area contributed by atoms with Crippen LogP contribution in [0, 0.1) is 6.92 Å². The van der Waals surface area contributed by atoms with E-state index in [9.17, 15) is 14.4 Å². The van der Waals surface area contributed by atoms with Gasteiger partial charge in [0, 0.05) is 16.6 Å². The Morgan fingerprint density at radius 3 is 2.55 bits per heavy atom. The number of carbonyl (C=O) groups excluding carboxylic acids is 2. The Morgan fingerprint density at radius 1 is 1.25 bits per heavy atom. The number of para-hydroxylation sites is 1. The number of fused-ring (bicyclic) bond motifs is 1. The Bertz CT molecular complexity index is 702. The number of amides is 1. The van der Waals surface area contributed by atoms with Crippen molar-refractivity contribution in [3.63, 3.8) is 0 Å². The summed E-state index contributed by atoms with van der Waals surface area (Å²) in [5, 5.41) is 11.5. The Labute approximate surface area is 114 Å². The van der Waals surface area contributed by atoms with Gasteiger partial charge in [-0.1, -0.05) is 18.2 Å². The number of aryl methyl sites for hydroxylation is 1. The van der Waals surface area contributed by atoms with Gasteiger partial charge in [0.05, 0.1) is 5.56 Å². The lowest BCUT2D eigenvalue weighted by molar-refractivity contribution is -0.140. The molecule has 6 heteroatoms. The number of hydrogen-bond donors (Lipinski definition) is 3. The first-order valence-electron chi connectivity index (χ1n) is 6.07. The largest absolute Gasteiger partial charge is 0.480 e.